The van der Waals surface area contributed by atoms with Crippen molar-refractivity contribution in [1.29, 1.82) is 0 Å². The second-order valence-corrected chi connectivity index (χ2v) is 8.22. The smallest absolute Gasteiger partial charge is 0.253 e. The van der Waals surface area contributed by atoms with E-state index in [1.807, 2.05) is 0 Å². The van der Waals surface area contributed by atoms with E-state index in [9.17, 15) is 18.0 Å². The highest BCUT2D eigenvalue weighted by Gasteiger charge is 2.48. The standard InChI is InChI=1S/C16H21N3O4S/c1-18-9-2-7-16(15(18)21)8-10-19(11-16)14(20)12-3-5-13(6-4-12)24(17,22)23/h3-6H,2,7-11H2,1H3,(H2,17,22,23)/t16-/m1/s1. The van der Waals surface area contributed by atoms with Gasteiger partial charge in [0.05, 0.1) is 10.3 Å². The summed E-state index contributed by atoms with van der Waals surface area (Å²) in [4.78, 5) is 28.6. The third-order valence-electron chi connectivity index (χ3n) is 5.02. The molecule has 2 fully saturated rings. The normalized spacial score (nSPS) is 24.7. The first-order valence-electron chi connectivity index (χ1n) is 7.91. The second-order valence-electron chi connectivity index (χ2n) is 6.66. The first-order valence-corrected chi connectivity index (χ1v) is 9.45. The lowest BCUT2D eigenvalue weighted by molar-refractivity contribution is -0.143. The van der Waals surface area contributed by atoms with Gasteiger partial charge in [0.15, 0.2) is 0 Å². The van der Waals surface area contributed by atoms with Gasteiger partial charge < -0.3 is 9.80 Å². The molecule has 0 unspecified atom stereocenters. The molecule has 3 rings (SSSR count). The number of nitrogens with two attached hydrogens (primary N) is 1. The number of amides is 2. The van der Waals surface area contributed by atoms with Crippen molar-refractivity contribution in [3.8, 4) is 0 Å². The Hall–Kier alpha value is -1.93. The van der Waals surface area contributed by atoms with E-state index in [0.717, 1.165) is 19.4 Å². The summed E-state index contributed by atoms with van der Waals surface area (Å²) >= 11 is 0. The number of carbonyl (C=O) groups excluding carboxylic acids is 2. The number of piperidine rings is 1. The minimum atomic E-state index is -3.78. The highest BCUT2D eigenvalue weighted by Crippen LogP contribution is 2.40. The number of nitrogens with zero attached hydrogens (tertiary/aromatic N) is 2. The Bertz CT molecular complexity index is 775. The van der Waals surface area contributed by atoms with Crippen LogP contribution in [0.3, 0.4) is 0 Å². The average Bonchev–Trinajstić information content (AvgIpc) is 2.96. The molecular weight excluding hydrogens is 330 g/mol. The van der Waals surface area contributed by atoms with Gasteiger partial charge in [-0.25, -0.2) is 13.6 Å². The number of benzene rings is 1. The van der Waals surface area contributed by atoms with Crippen LogP contribution >= 0.6 is 0 Å². The van der Waals surface area contributed by atoms with Gasteiger partial charge >= 0.3 is 0 Å². The molecule has 0 aliphatic carbocycles. The van der Waals surface area contributed by atoms with Crippen LogP contribution in [-0.4, -0.2) is 56.7 Å². The maximum Gasteiger partial charge on any atom is 0.253 e. The van der Waals surface area contributed by atoms with Gasteiger partial charge in [0.25, 0.3) is 5.91 Å². The Morgan fingerprint density at radius 1 is 1.17 bits per heavy atom. The van der Waals surface area contributed by atoms with E-state index in [-0.39, 0.29) is 16.7 Å². The molecule has 7 nitrogen and oxygen atoms in total. The molecule has 130 valence electrons. The van der Waals surface area contributed by atoms with Crippen LogP contribution in [0.4, 0.5) is 0 Å². The minimum absolute atomic E-state index is 0.0268. The van der Waals surface area contributed by atoms with E-state index in [4.69, 9.17) is 5.14 Å². The first-order chi connectivity index (χ1) is 11.2. The number of hydrogen-bond acceptors (Lipinski definition) is 4. The molecule has 1 aromatic carbocycles. The highest BCUT2D eigenvalue weighted by atomic mass is 32.2. The van der Waals surface area contributed by atoms with Crippen molar-refractivity contribution in [1.82, 2.24) is 9.80 Å². The van der Waals surface area contributed by atoms with Crippen molar-refractivity contribution in [3.63, 3.8) is 0 Å². The summed E-state index contributed by atoms with van der Waals surface area (Å²) in [5, 5.41) is 5.06. The predicted molar refractivity (Wildman–Crippen MR) is 87.6 cm³/mol. The Labute approximate surface area is 141 Å². The maximum atomic E-state index is 12.6. The summed E-state index contributed by atoms with van der Waals surface area (Å²) in [5.74, 6) is -0.0671. The molecule has 2 saturated heterocycles. The number of hydrogen-bond donors (Lipinski definition) is 1. The maximum absolute atomic E-state index is 12.6. The molecule has 0 aromatic heterocycles. The molecule has 1 atom stereocenters. The molecule has 0 radical (unpaired) electrons. The molecule has 1 aromatic rings. The molecule has 2 N–H and O–H groups in total. The number of carbonyl (C=O) groups is 2. The highest BCUT2D eigenvalue weighted by molar-refractivity contribution is 7.89. The van der Waals surface area contributed by atoms with E-state index in [0.29, 0.717) is 25.1 Å². The lowest BCUT2D eigenvalue weighted by atomic mass is 9.78. The van der Waals surface area contributed by atoms with E-state index in [2.05, 4.69) is 0 Å². The Morgan fingerprint density at radius 2 is 1.83 bits per heavy atom. The summed E-state index contributed by atoms with van der Waals surface area (Å²) in [7, 11) is -1.97. The zero-order chi connectivity index (χ0) is 17.5. The summed E-state index contributed by atoms with van der Waals surface area (Å²) in [6.07, 6.45) is 2.44. The Kier molecular flexibility index (Phi) is 4.13. The van der Waals surface area contributed by atoms with Gasteiger partial charge in [-0.15, -0.1) is 0 Å². The van der Waals surface area contributed by atoms with Gasteiger partial charge in [0.1, 0.15) is 0 Å². The van der Waals surface area contributed by atoms with Gasteiger partial charge in [-0.3, -0.25) is 9.59 Å². The van der Waals surface area contributed by atoms with E-state index in [1.54, 1.807) is 16.8 Å². The first kappa shape index (κ1) is 16.9. The van der Waals surface area contributed by atoms with Crippen molar-refractivity contribution in [2.24, 2.45) is 10.6 Å². The van der Waals surface area contributed by atoms with Crippen LogP contribution in [0.2, 0.25) is 0 Å². The van der Waals surface area contributed by atoms with Crippen molar-refractivity contribution in [2.75, 3.05) is 26.7 Å². The molecule has 2 aliphatic heterocycles. The monoisotopic (exact) mass is 351 g/mol. The van der Waals surface area contributed by atoms with Crippen molar-refractivity contribution < 1.29 is 18.0 Å². The molecular formula is C16H21N3O4S. The van der Waals surface area contributed by atoms with Crippen molar-refractivity contribution in [2.45, 2.75) is 24.2 Å². The lowest BCUT2D eigenvalue weighted by Crippen LogP contribution is -2.48. The Morgan fingerprint density at radius 3 is 2.46 bits per heavy atom. The van der Waals surface area contributed by atoms with Gasteiger partial charge in [-0.1, -0.05) is 0 Å². The summed E-state index contributed by atoms with van der Waals surface area (Å²) < 4.78 is 22.6. The van der Waals surface area contributed by atoms with E-state index < -0.39 is 15.4 Å². The molecule has 2 heterocycles. The van der Waals surface area contributed by atoms with Crippen LogP contribution in [0.5, 0.6) is 0 Å². The van der Waals surface area contributed by atoms with Crippen LogP contribution < -0.4 is 5.14 Å². The zero-order valence-electron chi connectivity index (χ0n) is 13.6. The summed E-state index contributed by atoms with van der Waals surface area (Å²) in [6.45, 7) is 1.73. The van der Waals surface area contributed by atoms with Crippen molar-refractivity contribution in [3.05, 3.63) is 29.8 Å². The molecule has 1 spiro atoms. The molecule has 0 saturated carbocycles. The molecule has 2 aliphatic rings. The van der Waals surface area contributed by atoms with E-state index >= 15 is 0 Å². The second kappa shape index (κ2) is 5.86. The third-order valence-corrected chi connectivity index (χ3v) is 5.95. The van der Waals surface area contributed by atoms with Crippen LogP contribution in [0, 0.1) is 5.41 Å². The number of primary sulfonamides is 1. The van der Waals surface area contributed by atoms with Crippen LogP contribution in [0.1, 0.15) is 29.6 Å². The van der Waals surface area contributed by atoms with Gasteiger partial charge in [-0.05, 0) is 43.5 Å². The predicted octanol–water partition coefficient (Wildman–Crippen LogP) is 0.418. The van der Waals surface area contributed by atoms with E-state index in [1.165, 1.54) is 24.3 Å². The topological polar surface area (TPSA) is 101 Å². The molecule has 24 heavy (non-hydrogen) atoms. The number of rotatable bonds is 2. The minimum Gasteiger partial charge on any atom is -0.345 e. The van der Waals surface area contributed by atoms with Crippen LogP contribution in [0.25, 0.3) is 0 Å². The van der Waals surface area contributed by atoms with Gasteiger partial charge in [-0.2, -0.15) is 0 Å². The fourth-order valence-electron chi connectivity index (χ4n) is 3.66. The number of likely N-dealkylation sites (tertiary alicyclic amines) is 2. The molecule has 0 bridgehead atoms. The summed E-state index contributed by atoms with van der Waals surface area (Å²) in [5.41, 5.74) is -0.0560. The SMILES string of the molecule is CN1CCC[C@]2(CCN(C(=O)c3ccc(S(N)(=O)=O)cc3)C2)C1=O. The van der Waals surface area contributed by atoms with Crippen molar-refractivity contribution >= 4 is 21.8 Å². The van der Waals surface area contributed by atoms with Gasteiger partial charge in [0, 0.05) is 32.2 Å². The fourth-order valence-corrected chi connectivity index (χ4v) is 4.18. The Balaban J connectivity index is 1.76. The van der Waals surface area contributed by atoms with Crippen LogP contribution in [0.15, 0.2) is 29.2 Å². The van der Waals surface area contributed by atoms with Gasteiger partial charge in [0.2, 0.25) is 15.9 Å². The quantitative estimate of drug-likeness (QED) is 0.834. The zero-order valence-corrected chi connectivity index (χ0v) is 14.4. The average molecular weight is 351 g/mol. The molecule has 2 amide bonds. The summed E-state index contributed by atoms with van der Waals surface area (Å²) in [6, 6.07) is 5.58. The van der Waals surface area contributed by atoms with Crippen LogP contribution in [-0.2, 0) is 14.8 Å². The third kappa shape index (κ3) is 2.91. The largest absolute Gasteiger partial charge is 0.345 e. The number of sulfonamides is 1. The molecule has 8 heteroatoms. The lowest BCUT2D eigenvalue weighted by Gasteiger charge is -2.37. The fraction of sp³-hybridized carbons (Fsp3) is 0.500.